The lowest BCUT2D eigenvalue weighted by Crippen LogP contribution is -2.43. The lowest BCUT2D eigenvalue weighted by Gasteiger charge is -2.14. The van der Waals surface area contributed by atoms with Crippen molar-refractivity contribution in [1.82, 2.24) is 5.32 Å². The van der Waals surface area contributed by atoms with Crippen LogP contribution in [0.4, 0.5) is 5.69 Å². The standard InChI is InChI=1S/C14H14N2O4/c15-10-6-5-8-3-1-2-4-9(8)12(10)13(18)16-11(7-17)14(19)20/h1-6,11,17H,7,15H2,(H,16,18)(H,19,20)/t11-/m0/s1. The van der Waals surface area contributed by atoms with Crippen molar-refractivity contribution in [2.45, 2.75) is 6.04 Å². The summed E-state index contributed by atoms with van der Waals surface area (Å²) < 4.78 is 0. The molecule has 0 aliphatic rings. The van der Waals surface area contributed by atoms with E-state index in [4.69, 9.17) is 15.9 Å². The maximum atomic E-state index is 12.2. The quantitative estimate of drug-likeness (QED) is 0.610. The summed E-state index contributed by atoms with van der Waals surface area (Å²) in [4.78, 5) is 23.0. The normalized spacial score (nSPS) is 12.1. The number of nitrogens with two attached hydrogens (primary N) is 1. The van der Waals surface area contributed by atoms with E-state index in [2.05, 4.69) is 5.32 Å². The summed E-state index contributed by atoms with van der Waals surface area (Å²) in [6.45, 7) is -0.689. The molecule has 0 fully saturated rings. The Morgan fingerprint density at radius 1 is 1.20 bits per heavy atom. The predicted molar refractivity (Wildman–Crippen MR) is 74.3 cm³/mol. The van der Waals surface area contributed by atoms with Gasteiger partial charge in [0, 0.05) is 5.69 Å². The van der Waals surface area contributed by atoms with Gasteiger partial charge >= 0.3 is 5.97 Å². The summed E-state index contributed by atoms with van der Waals surface area (Å²) in [7, 11) is 0. The van der Waals surface area contributed by atoms with Gasteiger partial charge in [-0.25, -0.2) is 4.79 Å². The molecular formula is C14H14N2O4. The molecule has 1 amide bonds. The van der Waals surface area contributed by atoms with Crippen molar-refractivity contribution in [2.75, 3.05) is 12.3 Å². The summed E-state index contributed by atoms with van der Waals surface area (Å²) in [5.74, 6) is -1.93. The summed E-state index contributed by atoms with van der Waals surface area (Å²) >= 11 is 0. The van der Waals surface area contributed by atoms with E-state index < -0.39 is 24.5 Å². The second-order valence-electron chi connectivity index (χ2n) is 4.30. The number of hydrogen-bond donors (Lipinski definition) is 4. The molecule has 6 nitrogen and oxygen atoms in total. The number of aliphatic carboxylic acids is 1. The van der Waals surface area contributed by atoms with Gasteiger partial charge in [-0.1, -0.05) is 30.3 Å². The Kier molecular flexibility index (Phi) is 3.86. The molecular weight excluding hydrogens is 260 g/mol. The van der Waals surface area contributed by atoms with Crippen molar-refractivity contribution >= 4 is 28.3 Å². The third-order valence-corrected chi connectivity index (χ3v) is 2.97. The van der Waals surface area contributed by atoms with Gasteiger partial charge in [0.1, 0.15) is 0 Å². The number of carboxylic acid groups (broad SMARTS) is 1. The number of hydrogen-bond acceptors (Lipinski definition) is 4. The van der Waals surface area contributed by atoms with Crippen molar-refractivity contribution in [2.24, 2.45) is 0 Å². The van der Waals surface area contributed by atoms with Gasteiger partial charge in [-0.2, -0.15) is 0 Å². The van der Waals surface area contributed by atoms with E-state index in [1.54, 1.807) is 24.3 Å². The Bertz CT molecular complexity index is 669. The average Bonchev–Trinajstić information content (AvgIpc) is 2.44. The number of carboxylic acids is 1. The zero-order valence-electron chi connectivity index (χ0n) is 10.5. The minimum atomic E-state index is -1.36. The van der Waals surface area contributed by atoms with Crippen molar-refractivity contribution in [3.8, 4) is 0 Å². The van der Waals surface area contributed by atoms with Crippen molar-refractivity contribution in [3.05, 3.63) is 42.0 Å². The minimum Gasteiger partial charge on any atom is -0.480 e. The molecule has 0 radical (unpaired) electrons. The molecule has 0 bridgehead atoms. The predicted octanol–water partition coefficient (Wildman–Crippen LogP) is 0.597. The maximum absolute atomic E-state index is 12.2. The fourth-order valence-electron chi connectivity index (χ4n) is 1.96. The van der Waals surface area contributed by atoms with Crippen molar-refractivity contribution in [1.29, 1.82) is 0 Å². The Morgan fingerprint density at radius 2 is 1.90 bits per heavy atom. The molecule has 104 valence electrons. The summed E-state index contributed by atoms with van der Waals surface area (Å²) in [6.07, 6.45) is 0. The fraction of sp³-hybridized carbons (Fsp3) is 0.143. The van der Waals surface area contributed by atoms with Crippen LogP contribution in [-0.4, -0.2) is 34.7 Å². The second-order valence-corrected chi connectivity index (χ2v) is 4.30. The number of anilines is 1. The molecule has 0 aliphatic heterocycles. The van der Waals surface area contributed by atoms with E-state index in [-0.39, 0.29) is 11.3 Å². The minimum absolute atomic E-state index is 0.211. The number of carbonyl (C=O) groups excluding carboxylic acids is 1. The smallest absolute Gasteiger partial charge is 0.328 e. The van der Waals surface area contributed by atoms with Gasteiger partial charge in [0.2, 0.25) is 0 Å². The van der Waals surface area contributed by atoms with E-state index in [1.165, 1.54) is 0 Å². The van der Waals surface area contributed by atoms with Gasteiger partial charge in [-0.15, -0.1) is 0 Å². The molecule has 0 spiro atoms. The van der Waals surface area contributed by atoms with Crippen LogP contribution >= 0.6 is 0 Å². The van der Waals surface area contributed by atoms with Crippen molar-refractivity contribution in [3.63, 3.8) is 0 Å². The van der Waals surface area contributed by atoms with Crippen LogP contribution in [0.2, 0.25) is 0 Å². The van der Waals surface area contributed by atoms with E-state index in [0.717, 1.165) is 5.39 Å². The summed E-state index contributed by atoms with van der Waals surface area (Å²) in [6, 6.07) is 9.16. The largest absolute Gasteiger partial charge is 0.480 e. The molecule has 2 aromatic rings. The SMILES string of the molecule is Nc1ccc2ccccc2c1C(=O)N[C@@H](CO)C(=O)O. The van der Waals surface area contributed by atoms with Crippen LogP contribution in [0.1, 0.15) is 10.4 Å². The molecule has 0 aliphatic carbocycles. The number of nitrogen functional groups attached to an aromatic ring is 1. The Balaban J connectivity index is 2.44. The third-order valence-electron chi connectivity index (χ3n) is 2.97. The number of aliphatic hydroxyl groups is 1. The van der Waals surface area contributed by atoms with Crippen LogP contribution in [0.5, 0.6) is 0 Å². The lowest BCUT2D eigenvalue weighted by molar-refractivity contribution is -0.140. The number of amides is 1. The molecule has 5 N–H and O–H groups in total. The van der Waals surface area contributed by atoms with E-state index in [9.17, 15) is 9.59 Å². The molecule has 20 heavy (non-hydrogen) atoms. The molecule has 6 heteroatoms. The molecule has 1 atom stereocenters. The van der Waals surface area contributed by atoms with Crippen LogP contribution in [0.3, 0.4) is 0 Å². The van der Waals surface area contributed by atoms with E-state index in [1.807, 2.05) is 12.1 Å². The van der Waals surface area contributed by atoms with Gasteiger partial charge in [0.15, 0.2) is 6.04 Å². The highest BCUT2D eigenvalue weighted by atomic mass is 16.4. The van der Waals surface area contributed by atoms with E-state index in [0.29, 0.717) is 5.39 Å². The monoisotopic (exact) mass is 274 g/mol. The van der Waals surface area contributed by atoms with Crippen LogP contribution in [0.15, 0.2) is 36.4 Å². The topological polar surface area (TPSA) is 113 Å². The highest BCUT2D eigenvalue weighted by Crippen LogP contribution is 2.24. The van der Waals surface area contributed by atoms with Crippen LogP contribution < -0.4 is 11.1 Å². The number of carbonyl (C=O) groups is 2. The first-order chi connectivity index (χ1) is 9.54. The molecule has 0 saturated heterocycles. The van der Waals surface area contributed by atoms with Crippen LogP contribution in [-0.2, 0) is 4.79 Å². The number of nitrogens with one attached hydrogen (secondary N) is 1. The number of aliphatic hydroxyl groups excluding tert-OH is 1. The number of benzene rings is 2. The summed E-state index contributed by atoms with van der Waals surface area (Å²) in [5.41, 5.74) is 6.27. The lowest BCUT2D eigenvalue weighted by atomic mass is 10.0. The first-order valence-electron chi connectivity index (χ1n) is 5.96. The van der Waals surface area contributed by atoms with E-state index >= 15 is 0 Å². The second kappa shape index (κ2) is 5.58. The number of fused-ring (bicyclic) bond motifs is 1. The molecule has 2 aromatic carbocycles. The Morgan fingerprint density at radius 3 is 2.55 bits per heavy atom. The fourth-order valence-corrected chi connectivity index (χ4v) is 1.96. The Labute approximate surface area is 114 Å². The van der Waals surface area contributed by atoms with Gasteiger partial charge < -0.3 is 21.3 Å². The highest BCUT2D eigenvalue weighted by molar-refractivity contribution is 6.12. The molecule has 0 saturated carbocycles. The summed E-state index contributed by atoms with van der Waals surface area (Å²) in [5, 5.41) is 21.5. The van der Waals surface area contributed by atoms with Gasteiger partial charge in [-0.3, -0.25) is 4.79 Å². The maximum Gasteiger partial charge on any atom is 0.328 e. The first kappa shape index (κ1) is 13.8. The van der Waals surface area contributed by atoms with Crippen LogP contribution in [0, 0.1) is 0 Å². The zero-order valence-corrected chi connectivity index (χ0v) is 10.5. The van der Waals surface area contributed by atoms with Crippen molar-refractivity contribution < 1.29 is 19.8 Å². The third kappa shape index (κ3) is 2.55. The molecule has 2 rings (SSSR count). The molecule has 0 aromatic heterocycles. The Hall–Kier alpha value is -2.60. The molecule has 0 unspecified atom stereocenters. The van der Waals surface area contributed by atoms with Gasteiger partial charge in [-0.05, 0) is 16.8 Å². The zero-order chi connectivity index (χ0) is 14.7. The molecule has 0 heterocycles. The van der Waals surface area contributed by atoms with Crippen LogP contribution in [0.25, 0.3) is 10.8 Å². The average molecular weight is 274 g/mol. The highest BCUT2D eigenvalue weighted by Gasteiger charge is 2.22. The number of rotatable bonds is 4. The van der Waals surface area contributed by atoms with Gasteiger partial charge in [0.05, 0.1) is 12.2 Å². The van der Waals surface area contributed by atoms with Gasteiger partial charge in [0.25, 0.3) is 5.91 Å². The first-order valence-corrected chi connectivity index (χ1v) is 5.96.